The molecule has 0 saturated carbocycles. The standard InChI is InChI=1S/C17H12Cl2S3/c1-2-21-17(20)15-12-9-10(18)7-8-14(12)22-16(15)11-5-3-4-6-13(11)19/h3-9H,2H2,1H3. The van der Waals surface area contributed by atoms with Gasteiger partial charge in [-0.1, -0.05) is 60.5 Å². The molecular weight excluding hydrogens is 371 g/mol. The van der Waals surface area contributed by atoms with Crippen LogP contribution in [0.15, 0.2) is 42.5 Å². The lowest BCUT2D eigenvalue weighted by molar-refractivity contribution is 1.54. The Hall–Kier alpha value is -0.580. The molecule has 0 aliphatic heterocycles. The largest absolute Gasteiger partial charge is 0.134 e. The Bertz CT molecular complexity index is 852. The van der Waals surface area contributed by atoms with Gasteiger partial charge in [0.15, 0.2) is 0 Å². The number of hydrogen-bond donors (Lipinski definition) is 0. The number of fused-ring (bicyclic) bond motifs is 1. The highest BCUT2D eigenvalue weighted by molar-refractivity contribution is 8.23. The molecule has 0 nitrogen and oxygen atoms in total. The van der Waals surface area contributed by atoms with Gasteiger partial charge in [0.2, 0.25) is 0 Å². The monoisotopic (exact) mass is 382 g/mol. The van der Waals surface area contributed by atoms with Crippen molar-refractivity contribution in [1.29, 1.82) is 0 Å². The summed E-state index contributed by atoms with van der Waals surface area (Å²) in [5, 5.41) is 2.57. The summed E-state index contributed by atoms with van der Waals surface area (Å²) < 4.78 is 2.07. The summed E-state index contributed by atoms with van der Waals surface area (Å²) in [4.78, 5) is 1.12. The number of benzene rings is 2. The molecular formula is C17H12Cl2S3. The van der Waals surface area contributed by atoms with Crippen molar-refractivity contribution in [2.75, 3.05) is 5.75 Å². The van der Waals surface area contributed by atoms with Gasteiger partial charge in [-0.05, 0) is 30.0 Å². The van der Waals surface area contributed by atoms with E-state index in [9.17, 15) is 0 Å². The van der Waals surface area contributed by atoms with Crippen molar-refractivity contribution in [3.05, 3.63) is 58.1 Å². The molecule has 3 rings (SSSR count). The van der Waals surface area contributed by atoms with E-state index in [-0.39, 0.29) is 0 Å². The molecule has 22 heavy (non-hydrogen) atoms. The number of rotatable bonds is 3. The van der Waals surface area contributed by atoms with Gasteiger partial charge in [0.25, 0.3) is 0 Å². The predicted molar refractivity (Wildman–Crippen MR) is 107 cm³/mol. The second-order valence-corrected chi connectivity index (χ2v) is 8.48. The smallest absolute Gasteiger partial charge is 0.0799 e. The van der Waals surface area contributed by atoms with Crippen LogP contribution in [0.4, 0.5) is 0 Å². The highest BCUT2D eigenvalue weighted by Gasteiger charge is 2.19. The lowest BCUT2D eigenvalue weighted by atomic mass is 10.1. The van der Waals surface area contributed by atoms with Crippen LogP contribution in [-0.4, -0.2) is 9.95 Å². The third-order valence-corrected chi connectivity index (χ3v) is 6.33. The summed E-state index contributed by atoms with van der Waals surface area (Å²) in [7, 11) is 0. The molecule has 0 bridgehead atoms. The van der Waals surface area contributed by atoms with Crippen LogP contribution in [0.2, 0.25) is 10.0 Å². The van der Waals surface area contributed by atoms with Crippen molar-refractivity contribution < 1.29 is 0 Å². The van der Waals surface area contributed by atoms with E-state index in [0.29, 0.717) is 0 Å². The minimum absolute atomic E-state index is 0.724. The van der Waals surface area contributed by atoms with Gasteiger partial charge >= 0.3 is 0 Å². The van der Waals surface area contributed by atoms with Crippen LogP contribution in [0, 0.1) is 0 Å². The summed E-state index contributed by atoms with van der Waals surface area (Å²) in [6, 6.07) is 13.8. The second-order valence-electron chi connectivity index (χ2n) is 4.65. The van der Waals surface area contributed by atoms with Crippen LogP contribution in [-0.2, 0) is 0 Å². The third-order valence-electron chi connectivity index (χ3n) is 3.25. The minimum Gasteiger partial charge on any atom is -0.134 e. The molecule has 0 unspecified atom stereocenters. The zero-order valence-corrected chi connectivity index (χ0v) is 15.7. The topological polar surface area (TPSA) is 0 Å². The molecule has 0 N–H and O–H groups in total. The van der Waals surface area contributed by atoms with Gasteiger partial charge in [-0.15, -0.1) is 23.1 Å². The van der Waals surface area contributed by atoms with Crippen LogP contribution in [0.5, 0.6) is 0 Å². The van der Waals surface area contributed by atoms with Gasteiger partial charge in [-0.2, -0.15) is 0 Å². The van der Waals surface area contributed by atoms with Gasteiger partial charge in [-0.3, -0.25) is 0 Å². The molecule has 0 saturated heterocycles. The SMILES string of the molecule is CCSC(=S)c1c(-c2ccccc2Cl)sc2ccc(Cl)cc12. The normalized spacial score (nSPS) is 11.0. The van der Waals surface area contributed by atoms with Crippen LogP contribution in [0.3, 0.4) is 0 Å². The Morgan fingerprint density at radius 3 is 2.68 bits per heavy atom. The Morgan fingerprint density at radius 2 is 1.95 bits per heavy atom. The van der Waals surface area contributed by atoms with Crippen molar-refractivity contribution in [3.63, 3.8) is 0 Å². The van der Waals surface area contributed by atoms with Gasteiger partial charge in [0.1, 0.15) is 0 Å². The Morgan fingerprint density at radius 1 is 1.18 bits per heavy atom. The zero-order chi connectivity index (χ0) is 15.7. The average molecular weight is 383 g/mol. The molecule has 0 amide bonds. The summed E-state index contributed by atoms with van der Waals surface area (Å²) >= 11 is 21.6. The van der Waals surface area contributed by atoms with E-state index in [1.165, 1.54) is 4.70 Å². The van der Waals surface area contributed by atoms with E-state index in [2.05, 4.69) is 6.92 Å². The number of thioether (sulfide) groups is 1. The lowest BCUT2D eigenvalue weighted by Crippen LogP contribution is -1.94. The summed E-state index contributed by atoms with van der Waals surface area (Å²) in [5.41, 5.74) is 2.10. The van der Waals surface area contributed by atoms with Gasteiger partial charge < -0.3 is 0 Å². The maximum atomic E-state index is 6.40. The van der Waals surface area contributed by atoms with E-state index in [1.807, 2.05) is 42.5 Å². The van der Waals surface area contributed by atoms with Gasteiger partial charge in [0, 0.05) is 36.1 Å². The van der Waals surface area contributed by atoms with E-state index in [1.54, 1.807) is 23.1 Å². The highest BCUT2D eigenvalue weighted by Crippen LogP contribution is 2.43. The molecule has 3 aromatic rings. The van der Waals surface area contributed by atoms with Crippen LogP contribution in [0.25, 0.3) is 20.5 Å². The Balaban J connectivity index is 2.32. The predicted octanol–water partition coefficient (Wildman–Crippen LogP) is 7.30. The first-order valence-corrected chi connectivity index (χ1v) is 9.72. The van der Waals surface area contributed by atoms with E-state index >= 15 is 0 Å². The minimum atomic E-state index is 0.724. The fourth-order valence-corrected chi connectivity index (χ4v) is 5.31. The fraction of sp³-hybridized carbons (Fsp3) is 0.118. The van der Waals surface area contributed by atoms with Crippen molar-refractivity contribution in [2.45, 2.75) is 6.92 Å². The Labute approximate surface area is 153 Å². The summed E-state index contributed by atoms with van der Waals surface area (Å²) in [6.07, 6.45) is 0. The summed E-state index contributed by atoms with van der Waals surface area (Å²) in [5.74, 6) is 0.943. The number of hydrogen-bond acceptors (Lipinski definition) is 3. The molecule has 1 heterocycles. The quantitative estimate of drug-likeness (QED) is 0.435. The van der Waals surface area contributed by atoms with E-state index in [4.69, 9.17) is 35.4 Å². The molecule has 0 spiro atoms. The molecule has 0 atom stereocenters. The number of thiophene rings is 1. The van der Waals surface area contributed by atoms with Gasteiger partial charge in [0.05, 0.1) is 4.20 Å². The highest BCUT2D eigenvalue weighted by atomic mass is 35.5. The molecule has 112 valence electrons. The van der Waals surface area contributed by atoms with Gasteiger partial charge in [-0.25, -0.2) is 0 Å². The fourth-order valence-electron chi connectivity index (χ4n) is 2.31. The number of halogens is 2. The molecule has 5 heteroatoms. The zero-order valence-electron chi connectivity index (χ0n) is 11.7. The van der Waals surface area contributed by atoms with Crippen molar-refractivity contribution in [1.82, 2.24) is 0 Å². The maximum Gasteiger partial charge on any atom is 0.0799 e. The van der Waals surface area contributed by atoms with Crippen molar-refractivity contribution in [3.8, 4) is 10.4 Å². The van der Waals surface area contributed by atoms with Crippen LogP contribution < -0.4 is 0 Å². The molecule has 1 aromatic heterocycles. The van der Waals surface area contributed by atoms with E-state index in [0.717, 1.165) is 41.4 Å². The van der Waals surface area contributed by atoms with Crippen LogP contribution in [0.1, 0.15) is 12.5 Å². The van der Waals surface area contributed by atoms with E-state index < -0.39 is 0 Å². The third kappa shape index (κ3) is 3.06. The molecule has 2 aromatic carbocycles. The summed E-state index contributed by atoms with van der Waals surface area (Å²) in [6.45, 7) is 2.10. The Kier molecular flexibility index (Phi) is 5.10. The lowest BCUT2D eigenvalue weighted by Gasteiger charge is -2.07. The van der Waals surface area contributed by atoms with Crippen molar-refractivity contribution >= 4 is 72.8 Å². The second kappa shape index (κ2) is 6.90. The number of thiocarbonyl (C=S) groups is 1. The van der Waals surface area contributed by atoms with Crippen molar-refractivity contribution in [2.24, 2.45) is 0 Å². The molecule has 0 aliphatic rings. The molecule has 0 fully saturated rings. The molecule has 0 radical (unpaired) electrons. The first-order valence-electron chi connectivity index (χ1n) is 6.76. The molecule has 0 aliphatic carbocycles. The first-order chi connectivity index (χ1) is 10.6. The average Bonchev–Trinajstić information content (AvgIpc) is 2.86. The first kappa shape index (κ1) is 16.3. The maximum absolute atomic E-state index is 6.40. The van der Waals surface area contributed by atoms with Crippen LogP contribution >= 0.6 is 58.5 Å².